The van der Waals surface area contributed by atoms with E-state index >= 15 is 0 Å². The number of hydrogen-bond donors (Lipinski definition) is 2. The first-order chi connectivity index (χ1) is 6.87. The number of carbonyl (C=O) groups is 2. The summed E-state index contributed by atoms with van der Waals surface area (Å²) < 4.78 is 5.01. The van der Waals surface area contributed by atoms with Gasteiger partial charge in [-0.25, -0.2) is 10.3 Å². The molecule has 2 amide bonds. The summed E-state index contributed by atoms with van der Waals surface area (Å²) in [7, 11) is 0. The first-order valence-corrected chi connectivity index (χ1v) is 4.78. The number of ether oxygens (including phenoxy) is 1. The second-order valence-corrected chi connectivity index (χ2v) is 4.35. The Bertz CT molecular complexity index is 259. The molecule has 6 heteroatoms. The largest absolute Gasteiger partial charge is 0.444 e. The van der Waals surface area contributed by atoms with Gasteiger partial charge in [-0.2, -0.15) is 0 Å². The van der Waals surface area contributed by atoms with Crippen LogP contribution in [0.3, 0.4) is 0 Å². The number of carbonyl (C=O) groups excluding carboxylic acids is 2. The summed E-state index contributed by atoms with van der Waals surface area (Å²) >= 11 is 0. The lowest BCUT2D eigenvalue weighted by atomic mass is 10.2. The number of hydrogen-bond acceptors (Lipinski definition) is 4. The molecule has 1 saturated heterocycles. The number of nitrogens with one attached hydrogen (secondary N) is 2. The van der Waals surface area contributed by atoms with Crippen molar-refractivity contribution in [3.63, 3.8) is 0 Å². The van der Waals surface area contributed by atoms with Gasteiger partial charge in [0.2, 0.25) is 5.91 Å². The summed E-state index contributed by atoms with van der Waals surface area (Å²) in [5.74, 6) is -0.175. The molecule has 0 unspecified atom stereocenters. The molecule has 0 aliphatic carbocycles. The highest BCUT2D eigenvalue weighted by Gasteiger charge is 2.24. The Balaban J connectivity index is 2.20. The number of alkyl carbamates (subject to hydrolysis) is 1. The predicted octanol–water partition coefficient (Wildman–Crippen LogP) is 0.331. The molecular weight excluding hydrogens is 200 g/mol. The molecular formula is C9H16N2O4. The molecule has 1 rings (SSSR count). The van der Waals surface area contributed by atoms with Gasteiger partial charge >= 0.3 is 6.09 Å². The second kappa shape index (κ2) is 4.48. The SMILES string of the molecule is CC(C)(C)OC(=O)NC[C@H]1CC(=O)NO1. The fraction of sp³-hybridized carbons (Fsp3) is 0.778. The second-order valence-electron chi connectivity index (χ2n) is 4.35. The van der Waals surface area contributed by atoms with Crippen LogP contribution in [0.4, 0.5) is 4.79 Å². The van der Waals surface area contributed by atoms with Gasteiger partial charge in [0.1, 0.15) is 11.7 Å². The maximum atomic E-state index is 11.2. The van der Waals surface area contributed by atoms with Crippen molar-refractivity contribution in [2.75, 3.05) is 6.54 Å². The number of hydroxylamine groups is 1. The Morgan fingerprint density at radius 2 is 2.33 bits per heavy atom. The summed E-state index contributed by atoms with van der Waals surface area (Å²) in [6.45, 7) is 5.60. The van der Waals surface area contributed by atoms with Crippen LogP contribution < -0.4 is 10.8 Å². The third-order valence-corrected chi connectivity index (χ3v) is 1.63. The van der Waals surface area contributed by atoms with Crippen molar-refractivity contribution >= 4 is 12.0 Å². The smallest absolute Gasteiger partial charge is 0.407 e. The predicted molar refractivity (Wildman–Crippen MR) is 51.9 cm³/mol. The molecule has 1 atom stereocenters. The monoisotopic (exact) mass is 216 g/mol. The molecule has 0 aromatic carbocycles. The van der Waals surface area contributed by atoms with E-state index in [9.17, 15) is 9.59 Å². The Morgan fingerprint density at radius 1 is 1.67 bits per heavy atom. The van der Waals surface area contributed by atoms with E-state index in [-0.39, 0.29) is 25.0 Å². The van der Waals surface area contributed by atoms with E-state index in [4.69, 9.17) is 9.57 Å². The lowest BCUT2D eigenvalue weighted by Gasteiger charge is -2.20. The van der Waals surface area contributed by atoms with Crippen molar-refractivity contribution in [1.29, 1.82) is 0 Å². The van der Waals surface area contributed by atoms with E-state index in [1.54, 1.807) is 20.8 Å². The van der Waals surface area contributed by atoms with Crippen molar-refractivity contribution in [1.82, 2.24) is 10.8 Å². The quantitative estimate of drug-likeness (QED) is 0.697. The van der Waals surface area contributed by atoms with Gasteiger partial charge < -0.3 is 10.1 Å². The van der Waals surface area contributed by atoms with Crippen LogP contribution in [0.25, 0.3) is 0 Å². The lowest BCUT2D eigenvalue weighted by molar-refractivity contribution is -0.124. The first kappa shape index (κ1) is 11.8. The van der Waals surface area contributed by atoms with Gasteiger partial charge in [0.25, 0.3) is 0 Å². The van der Waals surface area contributed by atoms with Gasteiger partial charge in [0.15, 0.2) is 0 Å². The molecule has 0 radical (unpaired) electrons. The Kier molecular flexibility index (Phi) is 3.52. The summed E-state index contributed by atoms with van der Waals surface area (Å²) in [5.41, 5.74) is 1.69. The Labute approximate surface area is 88.3 Å². The summed E-state index contributed by atoms with van der Waals surface area (Å²) in [4.78, 5) is 26.8. The lowest BCUT2D eigenvalue weighted by Crippen LogP contribution is -2.37. The molecule has 6 nitrogen and oxygen atoms in total. The van der Waals surface area contributed by atoms with Gasteiger partial charge in [0, 0.05) is 0 Å². The molecule has 1 fully saturated rings. The molecule has 0 aromatic heterocycles. The van der Waals surface area contributed by atoms with Gasteiger partial charge in [-0.3, -0.25) is 9.63 Å². The topological polar surface area (TPSA) is 76.7 Å². The van der Waals surface area contributed by atoms with Crippen molar-refractivity contribution in [2.45, 2.75) is 38.9 Å². The molecule has 15 heavy (non-hydrogen) atoms. The number of amides is 2. The Hall–Kier alpha value is -1.30. The van der Waals surface area contributed by atoms with Crippen molar-refractivity contribution in [3.8, 4) is 0 Å². The van der Waals surface area contributed by atoms with Crippen LogP contribution in [-0.2, 0) is 14.4 Å². The van der Waals surface area contributed by atoms with Gasteiger partial charge in [-0.05, 0) is 20.8 Å². The summed E-state index contributed by atoms with van der Waals surface area (Å²) in [6, 6.07) is 0. The van der Waals surface area contributed by atoms with Gasteiger partial charge in [0.05, 0.1) is 13.0 Å². The first-order valence-electron chi connectivity index (χ1n) is 4.78. The zero-order valence-electron chi connectivity index (χ0n) is 9.12. The average molecular weight is 216 g/mol. The maximum absolute atomic E-state index is 11.2. The highest BCUT2D eigenvalue weighted by atomic mass is 16.7. The van der Waals surface area contributed by atoms with Crippen LogP contribution >= 0.6 is 0 Å². The van der Waals surface area contributed by atoms with E-state index in [2.05, 4.69) is 10.8 Å². The molecule has 1 aliphatic rings. The third kappa shape index (κ3) is 4.64. The van der Waals surface area contributed by atoms with E-state index < -0.39 is 11.7 Å². The maximum Gasteiger partial charge on any atom is 0.407 e. The molecule has 2 N–H and O–H groups in total. The zero-order chi connectivity index (χ0) is 11.5. The average Bonchev–Trinajstić information content (AvgIpc) is 2.45. The normalized spacial score (nSPS) is 21.0. The van der Waals surface area contributed by atoms with E-state index in [0.717, 1.165) is 0 Å². The highest BCUT2D eigenvalue weighted by molar-refractivity contribution is 5.77. The van der Waals surface area contributed by atoms with Gasteiger partial charge in [-0.15, -0.1) is 0 Å². The molecule has 0 aromatic rings. The summed E-state index contributed by atoms with van der Waals surface area (Å²) in [6.07, 6.45) is -0.564. The van der Waals surface area contributed by atoms with Crippen LogP contribution in [-0.4, -0.2) is 30.3 Å². The molecule has 1 aliphatic heterocycles. The zero-order valence-corrected chi connectivity index (χ0v) is 9.12. The fourth-order valence-corrected chi connectivity index (χ4v) is 1.06. The molecule has 0 bridgehead atoms. The van der Waals surface area contributed by atoms with Crippen LogP contribution in [0, 0.1) is 0 Å². The third-order valence-electron chi connectivity index (χ3n) is 1.63. The minimum Gasteiger partial charge on any atom is -0.444 e. The fourth-order valence-electron chi connectivity index (χ4n) is 1.06. The number of rotatable bonds is 2. The van der Waals surface area contributed by atoms with Crippen LogP contribution in [0.5, 0.6) is 0 Å². The summed E-state index contributed by atoms with van der Waals surface area (Å²) in [5, 5.41) is 2.52. The van der Waals surface area contributed by atoms with E-state index in [0.29, 0.717) is 0 Å². The van der Waals surface area contributed by atoms with Gasteiger partial charge in [-0.1, -0.05) is 0 Å². The minimum absolute atomic E-state index is 0.175. The van der Waals surface area contributed by atoms with Crippen LogP contribution in [0.1, 0.15) is 27.2 Å². The Morgan fingerprint density at radius 3 is 2.80 bits per heavy atom. The van der Waals surface area contributed by atoms with E-state index in [1.165, 1.54) is 0 Å². The van der Waals surface area contributed by atoms with Crippen LogP contribution in [0.15, 0.2) is 0 Å². The molecule has 86 valence electrons. The minimum atomic E-state index is -0.519. The highest BCUT2D eigenvalue weighted by Crippen LogP contribution is 2.07. The molecule has 0 saturated carbocycles. The van der Waals surface area contributed by atoms with E-state index in [1.807, 2.05) is 0 Å². The van der Waals surface area contributed by atoms with Crippen molar-refractivity contribution in [2.24, 2.45) is 0 Å². The van der Waals surface area contributed by atoms with Crippen molar-refractivity contribution in [3.05, 3.63) is 0 Å². The standard InChI is InChI=1S/C9H16N2O4/c1-9(2,3)14-8(13)10-5-6-4-7(12)11-15-6/h6H,4-5H2,1-3H3,(H,10,13)(H,11,12)/t6-/m1/s1. The molecule has 1 heterocycles. The van der Waals surface area contributed by atoms with Crippen LogP contribution in [0.2, 0.25) is 0 Å². The molecule has 0 spiro atoms. The van der Waals surface area contributed by atoms with Crippen molar-refractivity contribution < 1.29 is 19.2 Å².